The number of fused-ring (bicyclic) bond motifs is 1. The molecule has 4 aromatic rings. The standard InChI is InChI=1S/C35H38N2O4/c38-31-19-27(8-4-5-23-18-29(23)21-11-12-21)41-35(40)34(31)33(22-13-14-22)24-6-3-7-26(17-24)37-32(39)16-15-25-20-36-30-10-2-1-9-28(25)30/h1-3,6-7,9-10,17,19-23,29,33,36,38H,4-5,8,11-16,18H2,(H,37,39). The predicted octanol–water partition coefficient (Wildman–Crippen LogP) is 7.31. The highest BCUT2D eigenvalue weighted by Crippen LogP contribution is 2.56. The van der Waals surface area contributed by atoms with E-state index in [-0.39, 0.29) is 23.5 Å². The van der Waals surface area contributed by atoms with Crippen LogP contribution in [0.25, 0.3) is 10.9 Å². The summed E-state index contributed by atoms with van der Waals surface area (Å²) < 4.78 is 5.76. The first-order valence-electron chi connectivity index (χ1n) is 15.3. The Kier molecular flexibility index (Phi) is 6.93. The topological polar surface area (TPSA) is 95.3 Å². The van der Waals surface area contributed by atoms with Crippen molar-refractivity contribution in [2.45, 2.75) is 70.1 Å². The van der Waals surface area contributed by atoms with Crippen molar-refractivity contribution in [2.75, 3.05) is 5.32 Å². The van der Waals surface area contributed by atoms with Crippen LogP contribution < -0.4 is 10.9 Å². The molecule has 3 fully saturated rings. The summed E-state index contributed by atoms with van der Waals surface area (Å²) >= 11 is 0. The summed E-state index contributed by atoms with van der Waals surface area (Å²) in [6, 6.07) is 17.4. The number of amides is 1. The zero-order valence-electron chi connectivity index (χ0n) is 23.4. The molecule has 7 rings (SSSR count). The molecule has 6 heteroatoms. The van der Waals surface area contributed by atoms with Crippen molar-refractivity contribution >= 4 is 22.5 Å². The van der Waals surface area contributed by atoms with Gasteiger partial charge in [0, 0.05) is 47.6 Å². The van der Waals surface area contributed by atoms with Crippen molar-refractivity contribution in [3.05, 3.63) is 93.7 Å². The molecule has 0 spiro atoms. The van der Waals surface area contributed by atoms with E-state index in [0.717, 1.165) is 59.0 Å². The van der Waals surface area contributed by atoms with Gasteiger partial charge in [-0.1, -0.05) is 30.3 Å². The maximum Gasteiger partial charge on any atom is 0.343 e. The van der Waals surface area contributed by atoms with E-state index >= 15 is 0 Å². The van der Waals surface area contributed by atoms with Crippen LogP contribution >= 0.6 is 0 Å². The SMILES string of the molecule is O=C(CCc1c[nH]c2ccccc12)Nc1cccc(C(c2c(O)cc(CCCC3CC3C3CC3)oc2=O)C2CC2)c1. The van der Waals surface area contributed by atoms with Crippen LogP contribution in [0, 0.1) is 23.7 Å². The van der Waals surface area contributed by atoms with Crippen LogP contribution in [0.4, 0.5) is 5.69 Å². The first-order chi connectivity index (χ1) is 20.0. The third-order valence-corrected chi connectivity index (χ3v) is 9.45. The van der Waals surface area contributed by atoms with Gasteiger partial charge in [0.1, 0.15) is 11.5 Å². The highest BCUT2D eigenvalue weighted by Gasteiger charge is 2.46. The zero-order chi connectivity index (χ0) is 27.9. The number of aryl methyl sites for hydroxylation is 2. The van der Waals surface area contributed by atoms with Crippen LogP contribution in [0.2, 0.25) is 0 Å². The minimum absolute atomic E-state index is 0.0311. The number of nitrogens with one attached hydrogen (secondary N) is 2. The Labute approximate surface area is 240 Å². The zero-order valence-corrected chi connectivity index (χ0v) is 23.4. The summed E-state index contributed by atoms with van der Waals surface area (Å²) in [7, 11) is 0. The molecule has 2 aromatic carbocycles. The molecule has 0 radical (unpaired) electrons. The van der Waals surface area contributed by atoms with Crippen LogP contribution in [0.5, 0.6) is 5.75 Å². The second-order valence-electron chi connectivity index (χ2n) is 12.5. The number of carbonyl (C=O) groups excluding carboxylic acids is 1. The lowest BCUT2D eigenvalue weighted by Crippen LogP contribution is -2.17. The van der Waals surface area contributed by atoms with Crippen molar-refractivity contribution in [1.82, 2.24) is 4.98 Å². The number of carbonyl (C=O) groups is 1. The molecule has 41 heavy (non-hydrogen) atoms. The van der Waals surface area contributed by atoms with Gasteiger partial charge in [0.05, 0.1) is 5.56 Å². The van der Waals surface area contributed by atoms with Gasteiger partial charge in [-0.15, -0.1) is 0 Å². The lowest BCUT2D eigenvalue weighted by molar-refractivity contribution is -0.116. The number of anilines is 1. The number of aromatic nitrogens is 1. The number of aromatic hydroxyl groups is 1. The number of hydrogen-bond donors (Lipinski definition) is 3. The van der Waals surface area contributed by atoms with Crippen LogP contribution in [0.15, 0.2) is 70.0 Å². The molecule has 3 aliphatic carbocycles. The van der Waals surface area contributed by atoms with Gasteiger partial charge in [-0.3, -0.25) is 4.79 Å². The normalized spacial score (nSPS) is 20.7. The number of H-pyrrole nitrogens is 1. The molecule has 3 unspecified atom stereocenters. The maximum absolute atomic E-state index is 13.2. The predicted molar refractivity (Wildman–Crippen MR) is 160 cm³/mol. The third-order valence-electron chi connectivity index (χ3n) is 9.45. The molecule has 3 N–H and O–H groups in total. The van der Waals surface area contributed by atoms with Crippen molar-refractivity contribution in [3.63, 3.8) is 0 Å². The molecule has 1 amide bonds. The number of benzene rings is 2. The number of rotatable bonds is 12. The van der Waals surface area contributed by atoms with E-state index in [1.807, 2.05) is 48.7 Å². The minimum atomic E-state index is -0.438. The van der Waals surface area contributed by atoms with Gasteiger partial charge in [-0.25, -0.2) is 4.79 Å². The van der Waals surface area contributed by atoms with Gasteiger partial charge in [0.15, 0.2) is 0 Å². The van der Waals surface area contributed by atoms with Crippen LogP contribution in [0.3, 0.4) is 0 Å². The van der Waals surface area contributed by atoms with E-state index in [1.54, 1.807) is 6.07 Å². The molecule has 2 heterocycles. The van der Waals surface area contributed by atoms with Gasteiger partial charge in [-0.2, -0.15) is 0 Å². The number of para-hydroxylation sites is 1. The van der Waals surface area contributed by atoms with E-state index in [4.69, 9.17) is 4.42 Å². The van der Waals surface area contributed by atoms with E-state index in [2.05, 4.69) is 16.4 Å². The van der Waals surface area contributed by atoms with Gasteiger partial charge in [0.25, 0.3) is 0 Å². The summed E-state index contributed by atoms with van der Waals surface area (Å²) in [5.74, 6) is 3.34. The van der Waals surface area contributed by atoms with Crippen molar-refractivity contribution < 1.29 is 14.3 Å². The highest BCUT2D eigenvalue weighted by molar-refractivity contribution is 5.91. The lowest BCUT2D eigenvalue weighted by atomic mass is 9.87. The Balaban J connectivity index is 1.01. The van der Waals surface area contributed by atoms with Gasteiger partial charge >= 0.3 is 5.63 Å². The summed E-state index contributed by atoms with van der Waals surface area (Å²) in [6.45, 7) is 0. The summed E-state index contributed by atoms with van der Waals surface area (Å²) in [5, 5.41) is 15.2. The number of hydrogen-bond acceptors (Lipinski definition) is 4. The Morgan fingerprint density at radius 2 is 1.90 bits per heavy atom. The molecule has 0 saturated heterocycles. The van der Waals surface area contributed by atoms with Crippen LogP contribution in [-0.4, -0.2) is 16.0 Å². The number of aromatic amines is 1. The third kappa shape index (κ3) is 5.83. The van der Waals surface area contributed by atoms with Crippen LogP contribution in [-0.2, 0) is 17.6 Å². The van der Waals surface area contributed by atoms with Gasteiger partial charge in [-0.05, 0) is 104 Å². The molecule has 3 aliphatic rings. The Hall–Kier alpha value is -3.80. The molecular weight excluding hydrogens is 512 g/mol. The van der Waals surface area contributed by atoms with E-state index < -0.39 is 5.63 Å². The minimum Gasteiger partial charge on any atom is -0.507 e. The second-order valence-corrected chi connectivity index (χ2v) is 12.5. The Morgan fingerprint density at radius 3 is 2.71 bits per heavy atom. The van der Waals surface area contributed by atoms with Gasteiger partial charge in [0.2, 0.25) is 5.91 Å². The van der Waals surface area contributed by atoms with Gasteiger partial charge < -0.3 is 19.8 Å². The summed E-state index contributed by atoms with van der Waals surface area (Å²) in [5.41, 5.74) is 3.71. The average molecular weight is 551 g/mol. The smallest absolute Gasteiger partial charge is 0.343 e. The molecule has 3 atom stereocenters. The first-order valence-corrected chi connectivity index (χ1v) is 15.3. The molecular formula is C35H38N2O4. The highest BCUT2D eigenvalue weighted by atomic mass is 16.4. The van der Waals surface area contributed by atoms with Crippen LogP contribution in [0.1, 0.15) is 79.7 Å². The molecule has 6 nitrogen and oxygen atoms in total. The molecule has 212 valence electrons. The van der Waals surface area contributed by atoms with E-state index in [1.165, 1.54) is 25.7 Å². The molecule has 2 aromatic heterocycles. The summed E-state index contributed by atoms with van der Waals surface area (Å²) in [6.07, 6.45) is 12.0. The van der Waals surface area contributed by atoms with Crippen molar-refractivity contribution in [1.29, 1.82) is 0 Å². The fraction of sp³-hybridized carbons (Fsp3) is 0.429. The largest absolute Gasteiger partial charge is 0.507 e. The Bertz CT molecular complexity index is 1630. The fourth-order valence-electron chi connectivity index (χ4n) is 6.92. The van der Waals surface area contributed by atoms with E-state index in [9.17, 15) is 14.7 Å². The molecule has 0 bridgehead atoms. The Morgan fingerprint density at radius 1 is 1.05 bits per heavy atom. The van der Waals surface area contributed by atoms with Crippen molar-refractivity contribution in [3.8, 4) is 5.75 Å². The first kappa shape index (κ1) is 26.1. The maximum atomic E-state index is 13.2. The summed E-state index contributed by atoms with van der Waals surface area (Å²) in [4.78, 5) is 29.3. The van der Waals surface area contributed by atoms with Crippen molar-refractivity contribution in [2.24, 2.45) is 23.7 Å². The second kappa shape index (κ2) is 10.9. The monoisotopic (exact) mass is 550 g/mol. The molecule has 3 saturated carbocycles. The average Bonchev–Trinajstić information content (AvgIpc) is 3.82. The lowest BCUT2D eigenvalue weighted by Gasteiger charge is -2.19. The quantitative estimate of drug-likeness (QED) is 0.172. The van der Waals surface area contributed by atoms with E-state index in [0.29, 0.717) is 36.3 Å². The molecule has 0 aliphatic heterocycles. The fourth-order valence-corrected chi connectivity index (χ4v) is 6.92.